The van der Waals surface area contributed by atoms with Crippen molar-refractivity contribution in [3.05, 3.63) is 0 Å². The zero-order chi connectivity index (χ0) is 12.7. The Morgan fingerprint density at radius 1 is 1.25 bits per heavy atom. The Labute approximate surface area is 104 Å². The third-order valence-electron chi connectivity index (χ3n) is 2.23. The summed E-state index contributed by atoms with van der Waals surface area (Å²) >= 11 is 1.86. The lowest BCUT2D eigenvalue weighted by Gasteiger charge is -2.21. The quantitative estimate of drug-likeness (QED) is 0.699. The average Bonchev–Trinajstić information content (AvgIpc) is 2.14. The number of thioether (sulfide) groups is 1. The lowest BCUT2D eigenvalue weighted by molar-refractivity contribution is -0.132. The molecule has 16 heavy (non-hydrogen) atoms. The summed E-state index contributed by atoms with van der Waals surface area (Å²) < 4.78 is 0. The molecule has 0 rings (SSSR count). The van der Waals surface area contributed by atoms with Crippen molar-refractivity contribution in [2.75, 3.05) is 19.3 Å². The Balaban J connectivity index is 3.69. The summed E-state index contributed by atoms with van der Waals surface area (Å²) in [5.41, 5.74) is 0. The van der Waals surface area contributed by atoms with Gasteiger partial charge >= 0.3 is 0 Å². The van der Waals surface area contributed by atoms with Gasteiger partial charge in [0.1, 0.15) is 0 Å². The molecule has 1 unspecified atom stereocenters. The Kier molecular flexibility index (Phi) is 7.85. The molecular formula is C12H26N2OS. The molecule has 0 saturated heterocycles. The molecule has 96 valence electrons. The fourth-order valence-corrected chi connectivity index (χ4v) is 2.54. The fraction of sp³-hybridized carbons (Fsp3) is 0.917. The highest BCUT2D eigenvalue weighted by Crippen LogP contribution is 2.09. The van der Waals surface area contributed by atoms with Crippen molar-refractivity contribution in [2.24, 2.45) is 5.92 Å². The maximum absolute atomic E-state index is 11.6. The van der Waals surface area contributed by atoms with Crippen molar-refractivity contribution in [3.63, 3.8) is 0 Å². The van der Waals surface area contributed by atoms with Gasteiger partial charge in [0, 0.05) is 31.3 Å². The summed E-state index contributed by atoms with van der Waals surface area (Å²) in [5.74, 6) is 1.31. The third kappa shape index (κ3) is 7.12. The van der Waals surface area contributed by atoms with Crippen LogP contribution in [0.3, 0.4) is 0 Å². The number of carbonyl (C=O) groups excluding carboxylic acids is 1. The Bertz CT molecular complexity index is 207. The van der Waals surface area contributed by atoms with Crippen LogP contribution in [0.15, 0.2) is 0 Å². The highest BCUT2D eigenvalue weighted by molar-refractivity contribution is 7.99. The van der Waals surface area contributed by atoms with E-state index in [0.29, 0.717) is 11.4 Å². The minimum atomic E-state index is 0.0983. The zero-order valence-corrected chi connectivity index (χ0v) is 12.2. The van der Waals surface area contributed by atoms with Crippen LogP contribution in [0.4, 0.5) is 0 Å². The molecule has 0 fully saturated rings. The Morgan fingerprint density at radius 2 is 1.81 bits per heavy atom. The molecule has 0 heterocycles. The summed E-state index contributed by atoms with van der Waals surface area (Å²) in [4.78, 5) is 13.4. The molecule has 0 aromatic rings. The first-order chi connectivity index (χ1) is 7.34. The summed E-state index contributed by atoms with van der Waals surface area (Å²) in [5, 5.41) is 3.87. The van der Waals surface area contributed by atoms with Crippen molar-refractivity contribution in [1.29, 1.82) is 0 Å². The molecule has 0 bridgehead atoms. The molecule has 1 atom stereocenters. The van der Waals surface area contributed by atoms with Crippen LogP contribution < -0.4 is 5.32 Å². The molecule has 0 aromatic carbocycles. The maximum atomic E-state index is 11.6. The molecule has 1 amide bonds. The number of rotatable bonds is 7. The number of hydrogen-bond donors (Lipinski definition) is 1. The lowest BCUT2D eigenvalue weighted by atomic mass is 10.2. The molecule has 0 radical (unpaired) electrons. The first-order valence-corrected chi connectivity index (χ1v) is 7.02. The topological polar surface area (TPSA) is 32.3 Å². The van der Waals surface area contributed by atoms with E-state index in [0.717, 1.165) is 12.3 Å². The van der Waals surface area contributed by atoms with Gasteiger partial charge < -0.3 is 10.2 Å². The Morgan fingerprint density at radius 3 is 2.25 bits per heavy atom. The van der Waals surface area contributed by atoms with Crippen LogP contribution in [-0.2, 0) is 4.79 Å². The maximum Gasteiger partial charge on any atom is 0.224 e. The van der Waals surface area contributed by atoms with Crippen molar-refractivity contribution < 1.29 is 4.79 Å². The second-order valence-corrected chi connectivity index (χ2v) is 6.20. The fourth-order valence-electron chi connectivity index (χ4n) is 1.43. The van der Waals surface area contributed by atoms with E-state index in [-0.39, 0.29) is 11.8 Å². The number of nitrogens with one attached hydrogen (secondary N) is 1. The van der Waals surface area contributed by atoms with Crippen molar-refractivity contribution in [1.82, 2.24) is 10.2 Å². The standard InChI is InChI=1S/C12H26N2OS/c1-9(2)12(15)14(6)7-8-16-11(5)13-10(3)4/h9-11,13H,7-8H2,1-6H3. The van der Waals surface area contributed by atoms with Crippen LogP contribution in [0, 0.1) is 5.92 Å². The van der Waals surface area contributed by atoms with Crippen LogP contribution in [-0.4, -0.2) is 41.6 Å². The number of nitrogens with zero attached hydrogens (tertiary/aromatic N) is 1. The average molecular weight is 246 g/mol. The van der Waals surface area contributed by atoms with Gasteiger partial charge in [0.25, 0.3) is 0 Å². The van der Waals surface area contributed by atoms with Gasteiger partial charge in [-0.15, -0.1) is 11.8 Å². The monoisotopic (exact) mass is 246 g/mol. The smallest absolute Gasteiger partial charge is 0.224 e. The van der Waals surface area contributed by atoms with Crippen molar-refractivity contribution >= 4 is 17.7 Å². The van der Waals surface area contributed by atoms with E-state index in [9.17, 15) is 4.79 Å². The third-order valence-corrected chi connectivity index (χ3v) is 3.29. The highest BCUT2D eigenvalue weighted by atomic mass is 32.2. The predicted octanol–water partition coefficient (Wildman–Crippen LogP) is 2.18. The molecule has 0 aliphatic carbocycles. The van der Waals surface area contributed by atoms with Gasteiger partial charge in [0.05, 0.1) is 5.37 Å². The normalized spacial score (nSPS) is 13.2. The second kappa shape index (κ2) is 7.96. The van der Waals surface area contributed by atoms with Gasteiger partial charge in [0.15, 0.2) is 0 Å². The molecule has 3 nitrogen and oxygen atoms in total. The van der Waals surface area contributed by atoms with E-state index in [4.69, 9.17) is 0 Å². The SMILES string of the molecule is CC(C)NC(C)SCCN(C)C(=O)C(C)C. The molecule has 0 spiro atoms. The van der Waals surface area contributed by atoms with E-state index >= 15 is 0 Å². The number of amides is 1. The minimum Gasteiger partial charge on any atom is -0.345 e. The van der Waals surface area contributed by atoms with Crippen LogP contribution >= 0.6 is 11.8 Å². The van der Waals surface area contributed by atoms with Gasteiger partial charge in [0.2, 0.25) is 5.91 Å². The Hall–Kier alpha value is -0.220. The summed E-state index contributed by atoms with van der Waals surface area (Å²) in [7, 11) is 1.88. The van der Waals surface area contributed by atoms with E-state index < -0.39 is 0 Å². The number of hydrogen-bond acceptors (Lipinski definition) is 3. The summed E-state index contributed by atoms with van der Waals surface area (Å²) in [6.45, 7) is 11.2. The molecule has 1 N–H and O–H groups in total. The van der Waals surface area contributed by atoms with Gasteiger partial charge in [-0.05, 0) is 20.8 Å². The highest BCUT2D eigenvalue weighted by Gasteiger charge is 2.12. The predicted molar refractivity (Wildman–Crippen MR) is 72.7 cm³/mol. The minimum absolute atomic E-state index is 0.0983. The van der Waals surface area contributed by atoms with Crippen LogP contribution in [0.1, 0.15) is 34.6 Å². The van der Waals surface area contributed by atoms with Crippen molar-refractivity contribution in [2.45, 2.75) is 46.0 Å². The van der Waals surface area contributed by atoms with Gasteiger partial charge in [-0.2, -0.15) is 0 Å². The molecule has 0 aliphatic heterocycles. The molecule has 0 aromatic heterocycles. The van der Waals surface area contributed by atoms with E-state index in [2.05, 4.69) is 26.1 Å². The van der Waals surface area contributed by atoms with Gasteiger partial charge in [-0.1, -0.05) is 13.8 Å². The van der Waals surface area contributed by atoms with Crippen LogP contribution in [0.25, 0.3) is 0 Å². The first kappa shape index (κ1) is 15.8. The number of carbonyl (C=O) groups is 1. The second-order valence-electron chi connectivity index (χ2n) is 4.75. The first-order valence-electron chi connectivity index (χ1n) is 5.97. The molecule has 4 heteroatoms. The lowest BCUT2D eigenvalue weighted by Crippen LogP contribution is -2.34. The molecule has 0 aliphatic rings. The van der Waals surface area contributed by atoms with Gasteiger partial charge in [-0.25, -0.2) is 0 Å². The van der Waals surface area contributed by atoms with Crippen LogP contribution in [0.5, 0.6) is 0 Å². The van der Waals surface area contributed by atoms with E-state index in [1.165, 1.54) is 0 Å². The van der Waals surface area contributed by atoms with Gasteiger partial charge in [-0.3, -0.25) is 4.79 Å². The molecule has 0 saturated carbocycles. The molecular weight excluding hydrogens is 220 g/mol. The van der Waals surface area contributed by atoms with Crippen LogP contribution in [0.2, 0.25) is 0 Å². The largest absolute Gasteiger partial charge is 0.345 e. The summed E-state index contributed by atoms with van der Waals surface area (Å²) in [6, 6.07) is 0.512. The van der Waals surface area contributed by atoms with E-state index in [1.807, 2.05) is 37.6 Å². The summed E-state index contributed by atoms with van der Waals surface area (Å²) in [6.07, 6.45) is 0. The van der Waals surface area contributed by atoms with Crippen molar-refractivity contribution in [3.8, 4) is 0 Å². The zero-order valence-electron chi connectivity index (χ0n) is 11.4. The van der Waals surface area contributed by atoms with E-state index in [1.54, 1.807) is 0 Å².